The highest BCUT2D eigenvalue weighted by Crippen LogP contribution is 2.27. The monoisotopic (exact) mass is 388 g/mol. The van der Waals surface area contributed by atoms with Crippen LogP contribution in [0.4, 0.5) is 0 Å². The van der Waals surface area contributed by atoms with E-state index in [4.69, 9.17) is 4.74 Å². The predicted molar refractivity (Wildman–Crippen MR) is 104 cm³/mol. The molecule has 1 aliphatic heterocycles. The number of benzene rings is 1. The second-order valence-electron chi connectivity index (χ2n) is 8.49. The summed E-state index contributed by atoms with van der Waals surface area (Å²) < 4.78 is 5.33. The largest absolute Gasteiger partial charge is 0.451 e. The Hall–Kier alpha value is -2.70. The molecule has 0 bridgehead atoms. The molecule has 2 atom stereocenters. The van der Waals surface area contributed by atoms with Gasteiger partial charge in [0, 0.05) is 5.54 Å². The third-order valence-electron chi connectivity index (χ3n) is 4.26. The number of imide groups is 1. The van der Waals surface area contributed by atoms with Gasteiger partial charge in [-0.25, -0.2) is 4.79 Å². The minimum absolute atomic E-state index is 0.0283. The van der Waals surface area contributed by atoms with Crippen LogP contribution in [0.2, 0.25) is 0 Å². The Morgan fingerprint density at radius 3 is 1.96 bits per heavy atom. The van der Waals surface area contributed by atoms with Crippen LogP contribution < -0.4 is 5.32 Å². The van der Waals surface area contributed by atoms with Crippen molar-refractivity contribution in [1.82, 2.24) is 10.2 Å². The van der Waals surface area contributed by atoms with Gasteiger partial charge in [0.25, 0.3) is 17.7 Å². The Morgan fingerprint density at radius 2 is 1.54 bits per heavy atom. The van der Waals surface area contributed by atoms with Crippen molar-refractivity contribution in [2.24, 2.45) is 5.92 Å². The highest BCUT2D eigenvalue weighted by Gasteiger charge is 2.44. The van der Waals surface area contributed by atoms with Crippen molar-refractivity contribution in [1.29, 1.82) is 0 Å². The van der Waals surface area contributed by atoms with Gasteiger partial charge in [0.2, 0.25) is 0 Å². The van der Waals surface area contributed by atoms with Gasteiger partial charge in [-0.2, -0.15) is 0 Å². The number of carbonyl (C=O) groups excluding carboxylic acids is 4. The Balaban J connectivity index is 2.22. The molecule has 1 aromatic carbocycles. The number of rotatable bonds is 6. The third kappa shape index (κ3) is 4.77. The Labute approximate surface area is 165 Å². The Kier molecular flexibility index (Phi) is 6.27. The third-order valence-corrected chi connectivity index (χ3v) is 4.26. The van der Waals surface area contributed by atoms with Crippen LogP contribution in [0.3, 0.4) is 0 Å². The molecule has 28 heavy (non-hydrogen) atoms. The zero-order valence-corrected chi connectivity index (χ0v) is 17.2. The first-order valence-corrected chi connectivity index (χ1v) is 9.41. The molecule has 1 aliphatic rings. The lowest BCUT2D eigenvalue weighted by Crippen LogP contribution is -2.50. The van der Waals surface area contributed by atoms with Crippen molar-refractivity contribution in [3.63, 3.8) is 0 Å². The van der Waals surface area contributed by atoms with Gasteiger partial charge >= 0.3 is 5.97 Å². The van der Waals surface area contributed by atoms with E-state index in [0.29, 0.717) is 0 Å². The van der Waals surface area contributed by atoms with E-state index < -0.39 is 41.4 Å². The molecule has 1 N–H and O–H groups in total. The zero-order chi connectivity index (χ0) is 21.2. The second-order valence-corrected chi connectivity index (χ2v) is 8.49. The summed E-state index contributed by atoms with van der Waals surface area (Å²) in [7, 11) is 0. The number of ether oxygens (including phenoxy) is 1. The topological polar surface area (TPSA) is 92.8 Å². The smallest absolute Gasteiger partial charge is 0.330 e. The van der Waals surface area contributed by atoms with E-state index in [0.717, 1.165) is 4.90 Å². The quantitative estimate of drug-likeness (QED) is 0.597. The number of nitrogens with one attached hydrogen (secondary N) is 1. The van der Waals surface area contributed by atoms with E-state index in [2.05, 4.69) is 5.32 Å². The summed E-state index contributed by atoms with van der Waals surface area (Å²) in [4.78, 5) is 51.6. The Bertz CT molecular complexity index is 759. The van der Waals surface area contributed by atoms with Crippen molar-refractivity contribution in [2.45, 2.75) is 65.6 Å². The molecule has 0 saturated carbocycles. The molecular weight excluding hydrogens is 360 g/mol. The van der Waals surface area contributed by atoms with Crippen LogP contribution in [0.15, 0.2) is 24.3 Å². The van der Waals surface area contributed by atoms with Crippen LogP contribution in [0, 0.1) is 5.92 Å². The first-order valence-electron chi connectivity index (χ1n) is 9.41. The molecule has 2 rings (SSSR count). The normalized spacial score (nSPS) is 16.0. The number of nitrogens with zero attached hydrogens (tertiary/aromatic N) is 1. The zero-order valence-electron chi connectivity index (χ0n) is 17.2. The number of esters is 1. The standard InChI is InChI=1S/C21H28N2O5/c1-12(2)11-16(20(27)28-13(3)17(24)22-21(4,5)6)23-18(25)14-9-7-8-10-15(14)19(23)26/h7-10,12-13,16H,11H2,1-6H3,(H,22,24)/t13-,16-/m1/s1. The average Bonchev–Trinajstić information content (AvgIpc) is 2.82. The van der Waals surface area contributed by atoms with Crippen molar-refractivity contribution in [3.8, 4) is 0 Å². The Morgan fingerprint density at radius 1 is 1.04 bits per heavy atom. The molecular formula is C21H28N2O5. The molecule has 0 saturated heterocycles. The minimum Gasteiger partial charge on any atom is -0.451 e. The molecule has 7 nitrogen and oxygen atoms in total. The lowest BCUT2D eigenvalue weighted by molar-refractivity contribution is -0.159. The van der Waals surface area contributed by atoms with Crippen molar-refractivity contribution in [3.05, 3.63) is 35.4 Å². The van der Waals surface area contributed by atoms with Crippen LogP contribution in [0.1, 0.15) is 68.7 Å². The molecule has 7 heteroatoms. The first kappa shape index (κ1) is 21.6. The molecule has 1 heterocycles. The molecule has 0 aromatic heterocycles. The minimum atomic E-state index is -1.09. The van der Waals surface area contributed by atoms with Gasteiger partial charge in [-0.05, 0) is 52.2 Å². The van der Waals surface area contributed by atoms with Crippen molar-refractivity contribution < 1.29 is 23.9 Å². The lowest BCUT2D eigenvalue weighted by Gasteiger charge is -2.28. The second kappa shape index (κ2) is 8.12. The SMILES string of the molecule is CC(C)C[C@H](C(=O)O[C@H](C)C(=O)NC(C)(C)C)N1C(=O)c2ccccc2C1=O. The maximum absolute atomic E-state index is 12.8. The highest BCUT2D eigenvalue weighted by molar-refractivity contribution is 6.22. The van der Waals surface area contributed by atoms with Gasteiger partial charge in [-0.1, -0.05) is 26.0 Å². The van der Waals surface area contributed by atoms with Crippen LogP contribution >= 0.6 is 0 Å². The molecule has 0 spiro atoms. The van der Waals surface area contributed by atoms with Crippen LogP contribution in [-0.2, 0) is 14.3 Å². The van der Waals surface area contributed by atoms with Gasteiger partial charge in [-0.15, -0.1) is 0 Å². The number of hydrogen-bond acceptors (Lipinski definition) is 5. The fourth-order valence-electron chi connectivity index (χ4n) is 3.02. The van der Waals surface area contributed by atoms with E-state index in [1.165, 1.54) is 6.92 Å². The maximum atomic E-state index is 12.8. The fraction of sp³-hybridized carbons (Fsp3) is 0.524. The summed E-state index contributed by atoms with van der Waals surface area (Å²) >= 11 is 0. The maximum Gasteiger partial charge on any atom is 0.330 e. The summed E-state index contributed by atoms with van der Waals surface area (Å²) in [5.74, 6) is -2.21. The molecule has 0 aliphatic carbocycles. The summed E-state index contributed by atoms with van der Waals surface area (Å²) in [6.45, 7) is 10.7. The van der Waals surface area contributed by atoms with E-state index in [-0.39, 0.29) is 23.5 Å². The molecule has 3 amide bonds. The summed E-state index contributed by atoms with van der Waals surface area (Å²) in [5, 5.41) is 2.74. The lowest BCUT2D eigenvalue weighted by atomic mass is 10.0. The number of fused-ring (bicyclic) bond motifs is 1. The van der Waals surface area contributed by atoms with Crippen molar-refractivity contribution >= 4 is 23.7 Å². The van der Waals surface area contributed by atoms with Gasteiger partial charge in [-0.3, -0.25) is 19.3 Å². The van der Waals surface area contributed by atoms with E-state index >= 15 is 0 Å². The predicted octanol–water partition coefficient (Wildman–Crippen LogP) is 2.54. The summed E-state index contributed by atoms with van der Waals surface area (Å²) in [5.41, 5.74) is 0.0672. The number of amides is 3. The van der Waals surface area contributed by atoms with Crippen LogP contribution in [0.5, 0.6) is 0 Å². The summed E-state index contributed by atoms with van der Waals surface area (Å²) in [6, 6.07) is 5.38. The highest BCUT2D eigenvalue weighted by atomic mass is 16.5. The molecule has 0 fully saturated rings. The molecule has 0 radical (unpaired) electrons. The van der Waals surface area contributed by atoms with Crippen LogP contribution in [-0.4, -0.2) is 46.3 Å². The number of hydrogen-bond donors (Lipinski definition) is 1. The average molecular weight is 388 g/mol. The van der Waals surface area contributed by atoms with Gasteiger partial charge in [0.05, 0.1) is 11.1 Å². The molecule has 1 aromatic rings. The fourth-order valence-corrected chi connectivity index (χ4v) is 3.02. The van der Waals surface area contributed by atoms with E-state index in [9.17, 15) is 19.2 Å². The van der Waals surface area contributed by atoms with Gasteiger partial charge in [0.1, 0.15) is 6.04 Å². The van der Waals surface area contributed by atoms with Crippen molar-refractivity contribution in [2.75, 3.05) is 0 Å². The van der Waals surface area contributed by atoms with Gasteiger partial charge in [0.15, 0.2) is 6.10 Å². The first-order chi connectivity index (χ1) is 12.9. The van der Waals surface area contributed by atoms with E-state index in [1.807, 2.05) is 34.6 Å². The molecule has 152 valence electrons. The van der Waals surface area contributed by atoms with Gasteiger partial charge < -0.3 is 10.1 Å². The van der Waals surface area contributed by atoms with Crippen LogP contribution in [0.25, 0.3) is 0 Å². The van der Waals surface area contributed by atoms with E-state index in [1.54, 1.807) is 24.3 Å². The molecule has 0 unspecified atom stereocenters. The number of carbonyl (C=O) groups is 4. The summed E-state index contributed by atoms with van der Waals surface area (Å²) in [6.07, 6.45) is -0.797.